The molecule has 70 valence electrons. The molecule has 1 unspecified atom stereocenters. The summed E-state index contributed by atoms with van der Waals surface area (Å²) in [5.74, 6) is 0.295. The molecule has 0 bridgehead atoms. The normalized spacial score (nSPS) is 21.8. The fourth-order valence-corrected chi connectivity index (χ4v) is 2.06. The lowest BCUT2D eigenvalue weighted by Gasteiger charge is -2.24. The number of hydrogen-bond acceptors (Lipinski definition) is 2. The molecule has 0 radical (unpaired) electrons. The summed E-state index contributed by atoms with van der Waals surface area (Å²) in [7, 11) is 0. The molecule has 1 aliphatic rings. The van der Waals surface area contributed by atoms with Crippen LogP contribution in [0.2, 0.25) is 0 Å². The molecule has 1 saturated carbocycles. The van der Waals surface area contributed by atoms with Crippen LogP contribution >= 0.6 is 23.2 Å². The van der Waals surface area contributed by atoms with Crippen LogP contribution in [0.1, 0.15) is 32.1 Å². The first-order valence-corrected chi connectivity index (χ1v) is 5.02. The van der Waals surface area contributed by atoms with Crippen LogP contribution in [0.4, 0.5) is 4.79 Å². The van der Waals surface area contributed by atoms with E-state index in [1.165, 1.54) is 19.3 Å². The van der Waals surface area contributed by atoms with Gasteiger partial charge in [0.05, 0.1) is 0 Å². The summed E-state index contributed by atoms with van der Waals surface area (Å²) in [6, 6.07) is 0. The van der Waals surface area contributed by atoms with E-state index in [9.17, 15) is 4.79 Å². The molecule has 0 saturated heterocycles. The quantitative estimate of drug-likeness (QED) is 0.516. The van der Waals surface area contributed by atoms with Gasteiger partial charge < -0.3 is 4.74 Å². The third-order valence-electron chi connectivity index (χ3n) is 2.23. The van der Waals surface area contributed by atoms with Crippen molar-refractivity contribution in [1.82, 2.24) is 0 Å². The molecule has 0 aromatic heterocycles. The molecule has 0 aromatic carbocycles. The number of hydrogen-bond donors (Lipinski definition) is 0. The van der Waals surface area contributed by atoms with Gasteiger partial charge in [0.1, 0.15) is 0 Å². The molecule has 0 amide bonds. The van der Waals surface area contributed by atoms with Crippen molar-refractivity contribution in [2.24, 2.45) is 5.92 Å². The van der Waals surface area contributed by atoms with Crippen LogP contribution in [-0.4, -0.2) is 11.0 Å². The third kappa shape index (κ3) is 3.20. The number of alkyl halides is 1. The minimum atomic E-state index is -0.805. The van der Waals surface area contributed by atoms with Gasteiger partial charge in [-0.1, -0.05) is 30.9 Å². The molecule has 0 spiro atoms. The maximum absolute atomic E-state index is 10.4. The molecule has 1 rings (SSSR count). The fraction of sp³-hybridized carbons (Fsp3) is 0.875. The summed E-state index contributed by atoms with van der Waals surface area (Å²) in [4.78, 5) is 10.4. The lowest BCUT2D eigenvalue weighted by Crippen LogP contribution is -2.21. The first kappa shape index (κ1) is 10.1. The van der Waals surface area contributed by atoms with Crippen molar-refractivity contribution in [2.75, 3.05) is 0 Å². The van der Waals surface area contributed by atoms with Gasteiger partial charge in [-0.2, -0.15) is 0 Å². The van der Waals surface area contributed by atoms with E-state index in [2.05, 4.69) is 4.74 Å². The highest BCUT2D eigenvalue weighted by Gasteiger charge is 2.24. The van der Waals surface area contributed by atoms with Crippen molar-refractivity contribution in [2.45, 2.75) is 37.7 Å². The van der Waals surface area contributed by atoms with Crippen molar-refractivity contribution in [3.05, 3.63) is 0 Å². The van der Waals surface area contributed by atoms with Gasteiger partial charge in [0, 0.05) is 17.5 Å². The van der Waals surface area contributed by atoms with Gasteiger partial charge in [0.25, 0.3) is 0 Å². The van der Waals surface area contributed by atoms with Gasteiger partial charge in [0.15, 0.2) is 5.56 Å². The van der Waals surface area contributed by atoms with Crippen LogP contribution in [0.5, 0.6) is 0 Å². The van der Waals surface area contributed by atoms with Crippen LogP contribution < -0.4 is 0 Å². The van der Waals surface area contributed by atoms with E-state index in [1.54, 1.807) is 0 Å². The van der Waals surface area contributed by atoms with E-state index >= 15 is 0 Å². The number of halogens is 2. The van der Waals surface area contributed by atoms with Crippen LogP contribution in [0.3, 0.4) is 0 Å². The Kier molecular flexibility index (Phi) is 4.16. The smallest absolute Gasteiger partial charge is 0.405 e. The maximum Gasteiger partial charge on any atom is 0.405 e. The monoisotopic (exact) mass is 210 g/mol. The molecule has 1 fully saturated rings. The lowest BCUT2D eigenvalue weighted by molar-refractivity contribution is 0.114. The second kappa shape index (κ2) is 4.93. The summed E-state index contributed by atoms with van der Waals surface area (Å²) in [5, 5.41) is 0. The van der Waals surface area contributed by atoms with Gasteiger partial charge in [-0.3, -0.25) is 0 Å². The Morgan fingerprint density at radius 3 is 2.42 bits per heavy atom. The number of ether oxygens (including phenoxy) is 1. The largest absolute Gasteiger partial charge is 0.434 e. The van der Waals surface area contributed by atoms with Crippen molar-refractivity contribution < 1.29 is 9.53 Å². The predicted molar refractivity (Wildman–Crippen MR) is 48.6 cm³/mol. The average molecular weight is 211 g/mol. The Bertz CT molecular complexity index is 155. The minimum Gasteiger partial charge on any atom is -0.434 e. The number of carbonyl (C=O) groups is 1. The van der Waals surface area contributed by atoms with Crippen LogP contribution in [0.25, 0.3) is 0 Å². The summed E-state index contributed by atoms with van der Waals surface area (Å²) in [5.41, 5.74) is -1.34. The average Bonchev–Trinajstić information content (AvgIpc) is 2.05. The number of carbonyl (C=O) groups excluding carboxylic acids is 1. The highest BCUT2D eigenvalue weighted by Crippen LogP contribution is 2.29. The molecule has 0 aromatic rings. The molecule has 0 N–H and O–H groups in total. The Balaban J connectivity index is 2.29. The second-order valence-electron chi connectivity index (χ2n) is 3.10. The van der Waals surface area contributed by atoms with Crippen LogP contribution in [0, 0.1) is 5.92 Å². The summed E-state index contributed by atoms with van der Waals surface area (Å²) in [6.07, 6.45) is 5.69. The highest BCUT2D eigenvalue weighted by molar-refractivity contribution is 6.61. The van der Waals surface area contributed by atoms with Crippen molar-refractivity contribution in [3.8, 4) is 0 Å². The zero-order valence-electron chi connectivity index (χ0n) is 6.76. The fourth-order valence-electron chi connectivity index (χ4n) is 1.58. The van der Waals surface area contributed by atoms with Gasteiger partial charge >= 0.3 is 5.43 Å². The Labute approximate surface area is 82.2 Å². The molecule has 12 heavy (non-hydrogen) atoms. The number of rotatable bonds is 2. The minimum absolute atomic E-state index is 0.295. The highest BCUT2D eigenvalue weighted by atomic mass is 35.5. The van der Waals surface area contributed by atoms with E-state index in [0.717, 1.165) is 12.8 Å². The summed E-state index contributed by atoms with van der Waals surface area (Å²) < 4.78 is 4.68. The summed E-state index contributed by atoms with van der Waals surface area (Å²) >= 11 is 10.9. The third-order valence-corrected chi connectivity index (χ3v) is 2.76. The molecule has 1 aliphatic carbocycles. The first-order chi connectivity index (χ1) is 5.70. The SMILES string of the molecule is O=C(Cl)OC(Cl)C1CCCCC1. The topological polar surface area (TPSA) is 26.3 Å². The van der Waals surface area contributed by atoms with Crippen molar-refractivity contribution in [3.63, 3.8) is 0 Å². The zero-order valence-corrected chi connectivity index (χ0v) is 8.27. The molecule has 2 nitrogen and oxygen atoms in total. The zero-order chi connectivity index (χ0) is 8.97. The van der Waals surface area contributed by atoms with Crippen molar-refractivity contribution >= 4 is 28.6 Å². The molecule has 4 heteroatoms. The summed E-state index contributed by atoms with van der Waals surface area (Å²) in [6.45, 7) is 0. The van der Waals surface area contributed by atoms with Gasteiger partial charge in [-0.25, -0.2) is 4.79 Å². The predicted octanol–water partition coefficient (Wildman–Crippen LogP) is 3.51. The van der Waals surface area contributed by atoms with Crippen LogP contribution in [-0.2, 0) is 4.74 Å². The standard InChI is InChI=1S/C8H12Cl2O2/c9-7(12-8(10)11)6-4-2-1-3-5-6/h6-7H,1-5H2. The van der Waals surface area contributed by atoms with Crippen molar-refractivity contribution in [1.29, 1.82) is 0 Å². The molecular formula is C8H12Cl2O2. The van der Waals surface area contributed by atoms with E-state index in [-0.39, 0.29) is 0 Å². The molecular weight excluding hydrogens is 199 g/mol. The van der Waals surface area contributed by atoms with Crippen LogP contribution in [0.15, 0.2) is 0 Å². The van der Waals surface area contributed by atoms with Gasteiger partial charge in [-0.15, -0.1) is 0 Å². The Morgan fingerprint density at radius 2 is 1.92 bits per heavy atom. The maximum atomic E-state index is 10.4. The molecule has 1 atom stereocenters. The first-order valence-electron chi connectivity index (χ1n) is 4.20. The van der Waals surface area contributed by atoms with E-state index in [1.807, 2.05) is 0 Å². The van der Waals surface area contributed by atoms with Gasteiger partial charge in [-0.05, 0) is 12.8 Å². The van der Waals surface area contributed by atoms with E-state index in [0.29, 0.717) is 5.92 Å². The lowest BCUT2D eigenvalue weighted by atomic mass is 9.90. The van der Waals surface area contributed by atoms with E-state index in [4.69, 9.17) is 23.2 Å². The Morgan fingerprint density at radius 1 is 1.33 bits per heavy atom. The molecule has 0 heterocycles. The Hall–Kier alpha value is 0.0500. The van der Waals surface area contributed by atoms with Gasteiger partial charge in [0.2, 0.25) is 0 Å². The molecule has 0 aliphatic heterocycles. The van der Waals surface area contributed by atoms with E-state index < -0.39 is 11.0 Å². The second-order valence-corrected chi connectivity index (χ2v) is 3.84.